The number of ether oxygens (including phenoxy) is 1. The predicted octanol–water partition coefficient (Wildman–Crippen LogP) is 5.04. The molecule has 0 unspecified atom stereocenters. The van der Waals surface area contributed by atoms with Crippen molar-refractivity contribution in [2.75, 3.05) is 11.9 Å². The number of amides is 1. The Labute approximate surface area is 174 Å². The second kappa shape index (κ2) is 9.47. The van der Waals surface area contributed by atoms with E-state index in [9.17, 15) is 9.59 Å². The molecule has 5 nitrogen and oxygen atoms in total. The van der Waals surface area contributed by atoms with Crippen LogP contribution in [0.5, 0.6) is 0 Å². The van der Waals surface area contributed by atoms with Crippen molar-refractivity contribution in [3.8, 4) is 11.3 Å². The van der Waals surface area contributed by atoms with Crippen molar-refractivity contribution >= 4 is 28.9 Å². The molecule has 2 aromatic carbocycles. The fourth-order valence-electron chi connectivity index (χ4n) is 3.13. The molecule has 6 heteroatoms. The highest BCUT2D eigenvalue weighted by Crippen LogP contribution is 2.28. The van der Waals surface area contributed by atoms with Crippen LogP contribution < -0.4 is 5.32 Å². The average Bonchev–Trinajstić information content (AvgIpc) is 3.14. The molecule has 0 fully saturated rings. The topological polar surface area (TPSA) is 68.3 Å². The molecule has 0 saturated carbocycles. The molecule has 0 spiro atoms. The SMILES string of the molecule is CCc1cccc(CC)c1NC(=O)COC(=O)c1sc(C)nc1-c1ccccc1. The van der Waals surface area contributed by atoms with E-state index >= 15 is 0 Å². The van der Waals surface area contributed by atoms with Crippen molar-refractivity contribution in [2.24, 2.45) is 0 Å². The number of nitrogens with one attached hydrogen (secondary N) is 1. The largest absolute Gasteiger partial charge is 0.451 e. The van der Waals surface area contributed by atoms with Gasteiger partial charge in [0, 0.05) is 11.3 Å². The van der Waals surface area contributed by atoms with Gasteiger partial charge in [0.05, 0.1) is 10.7 Å². The summed E-state index contributed by atoms with van der Waals surface area (Å²) >= 11 is 1.27. The number of hydrogen-bond acceptors (Lipinski definition) is 5. The van der Waals surface area contributed by atoms with Crippen LogP contribution in [0.2, 0.25) is 0 Å². The molecule has 0 aliphatic heterocycles. The first-order valence-electron chi connectivity index (χ1n) is 9.64. The predicted molar refractivity (Wildman–Crippen MR) is 116 cm³/mol. The zero-order valence-electron chi connectivity index (χ0n) is 16.8. The monoisotopic (exact) mass is 408 g/mol. The van der Waals surface area contributed by atoms with E-state index in [-0.39, 0.29) is 12.5 Å². The average molecular weight is 409 g/mol. The normalized spacial score (nSPS) is 10.6. The van der Waals surface area contributed by atoms with E-state index in [4.69, 9.17) is 4.74 Å². The Balaban J connectivity index is 1.70. The fourth-order valence-corrected chi connectivity index (χ4v) is 3.97. The van der Waals surface area contributed by atoms with Crippen molar-refractivity contribution in [3.05, 3.63) is 69.5 Å². The van der Waals surface area contributed by atoms with Gasteiger partial charge < -0.3 is 10.1 Å². The van der Waals surface area contributed by atoms with E-state index < -0.39 is 5.97 Å². The molecule has 0 atom stereocenters. The lowest BCUT2D eigenvalue weighted by molar-refractivity contribution is -0.119. The molecule has 29 heavy (non-hydrogen) atoms. The highest BCUT2D eigenvalue weighted by molar-refractivity contribution is 7.14. The van der Waals surface area contributed by atoms with Crippen LogP contribution >= 0.6 is 11.3 Å². The molecule has 1 heterocycles. The Morgan fingerprint density at radius 2 is 1.66 bits per heavy atom. The van der Waals surface area contributed by atoms with Gasteiger partial charge in [0.25, 0.3) is 5.91 Å². The van der Waals surface area contributed by atoms with Crippen LogP contribution in [0.25, 0.3) is 11.3 Å². The fraction of sp³-hybridized carbons (Fsp3) is 0.261. The van der Waals surface area contributed by atoms with Gasteiger partial charge >= 0.3 is 5.97 Å². The number of carbonyl (C=O) groups excluding carboxylic acids is 2. The number of aromatic nitrogens is 1. The van der Waals surface area contributed by atoms with Gasteiger partial charge in [-0.1, -0.05) is 62.4 Å². The highest BCUT2D eigenvalue weighted by atomic mass is 32.1. The molecule has 3 rings (SSSR count). The van der Waals surface area contributed by atoms with E-state index in [1.54, 1.807) is 0 Å². The van der Waals surface area contributed by atoms with Crippen molar-refractivity contribution in [2.45, 2.75) is 33.6 Å². The van der Waals surface area contributed by atoms with E-state index in [1.165, 1.54) is 11.3 Å². The molecule has 3 aromatic rings. The molecule has 0 bridgehead atoms. The number of para-hydroxylation sites is 1. The molecule has 0 saturated heterocycles. The van der Waals surface area contributed by atoms with Crippen molar-refractivity contribution in [3.63, 3.8) is 0 Å². The number of thiazole rings is 1. The Bertz CT molecular complexity index is 990. The number of aryl methyl sites for hydroxylation is 3. The summed E-state index contributed by atoms with van der Waals surface area (Å²) in [4.78, 5) is 29.9. The van der Waals surface area contributed by atoms with Gasteiger partial charge in [0.15, 0.2) is 6.61 Å². The van der Waals surface area contributed by atoms with E-state index in [0.717, 1.165) is 40.2 Å². The number of hydrogen-bond donors (Lipinski definition) is 1. The molecule has 150 valence electrons. The zero-order valence-corrected chi connectivity index (χ0v) is 17.6. The molecular formula is C23H24N2O3S. The van der Waals surface area contributed by atoms with E-state index in [1.807, 2.05) is 69.3 Å². The first-order valence-corrected chi connectivity index (χ1v) is 10.5. The summed E-state index contributed by atoms with van der Waals surface area (Å²) < 4.78 is 5.30. The Morgan fingerprint density at radius 3 is 2.28 bits per heavy atom. The molecule has 0 aliphatic carbocycles. The number of nitrogens with zero attached hydrogens (tertiary/aromatic N) is 1. The van der Waals surface area contributed by atoms with Crippen LogP contribution in [0, 0.1) is 6.92 Å². The molecule has 0 radical (unpaired) electrons. The lowest BCUT2D eigenvalue weighted by Crippen LogP contribution is -2.22. The quantitative estimate of drug-likeness (QED) is 0.556. The Kier molecular flexibility index (Phi) is 6.77. The number of esters is 1. The minimum Gasteiger partial charge on any atom is -0.451 e. The van der Waals surface area contributed by atoms with Crippen LogP contribution in [0.4, 0.5) is 5.69 Å². The van der Waals surface area contributed by atoms with Crippen molar-refractivity contribution in [1.82, 2.24) is 4.98 Å². The maximum atomic E-state index is 12.6. The highest BCUT2D eigenvalue weighted by Gasteiger charge is 2.21. The van der Waals surface area contributed by atoms with Gasteiger partial charge in [-0.15, -0.1) is 11.3 Å². The van der Waals surface area contributed by atoms with E-state index in [0.29, 0.717) is 10.6 Å². The van der Waals surface area contributed by atoms with E-state index in [2.05, 4.69) is 10.3 Å². The van der Waals surface area contributed by atoms with Crippen molar-refractivity contribution < 1.29 is 14.3 Å². The third kappa shape index (κ3) is 4.90. The van der Waals surface area contributed by atoms with Crippen LogP contribution in [0.1, 0.15) is 39.7 Å². The third-order valence-electron chi connectivity index (χ3n) is 4.56. The minimum atomic E-state index is -0.538. The number of rotatable bonds is 7. The zero-order chi connectivity index (χ0) is 20.8. The van der Waals surface area contributed by atoms with Crippen molar-refractivity contribution in [1.29, 1.82) is 0 Å². The van der Waals surface area contributed by atoms with Gasteiger partial charge in [0.2, 0.25) is 0 Å². The number of anilines is 1. The van der Waals surface area contributed by atoms with Crippen LogP contribution in [-0.2, 0) is 22.4 Å². The second-order valence-electron chi connectivity index (χ2n) is 6.56. The summed E-state index contributed by atoms with van der Waals surface area (Å²) in [5, 5.41) is 3.68. The summed E-state index contributed by atoms with van der Waals surface area (Å²) in [6, 6.07) is 15.5. The summed E-state index contributed by atoms with van der Waals surface area (Å²) in [5.41, 5.74) is 4.37. The standard InChI is InChI=1S/C23H24N2O3S/c1-4-16-12-9-13-17(5-2)20(16)25-19(26)14-28-23(27)22-21(24-15(3)29-22)18-10-7-6-8-11-18/h6-13H,4-5,14H2,1-3H3,(H,25,26). The van der Waals surface area contributed by atoms with Crippen LogP contribution in [0.15, 0.2) is 48.5 Å². The minimum absolute atomic E-state index is 0.342. The first-order chi connectivity index (χ1) is 14.0. The molecular weight excluding hydrogens is 384 g/mol. The maximum absolute atomic E-state index is 12.6. The van der Waals surface area contributed by atoms with Gasteiger partial charge in [-0.3, -0.25) is 4.79 Å². The van der Waals surface area contributed by atoms with Gasteiger partial charge in [-0.05, 0) is 30.9 Å². The smallest absolute Gasteiger partial charge is 0.351 e. The van der Waals surface area contributed by atoms with Gasteiger partial charge in [-0.2, -0.15) is 0 Å². The Morgan fingerprint density at radius 1 is 1.00 bits per heavy atom. The van der Waals surface area contributed by atoms with Gasteiger partial charge in [-0.25, -0.2) is 9.78 Å². The number of carbonyl (C=O) groups is 2. The molecule has 1 N–H and O–H groups in total. The summed E-state index contributed by atoms with van der Waals surface area (Å²) in [7, 11) is 0. The lowest BCUT2D eigenvalue weighted by Gasteiger charge is -2.14. The molecule has 1 amide bonds. The maximum Gasteiger partial charge on any atom is 0.351 e. The third-order valence-corrected chi connectivity index (χ3v) is 5.52. The molecule has 1 aromatic heterocycles. The Hall–Kier alpha value is -2.99. The van der Waals surface area contributed by atoms with Crippen LogP contribution in [-0.4, -0.2) is 23.5 Å². The van der Waals surface area contributed by atoms with Crippen LogP contribution in [0.3, 0.4) is 0 Å². The summed E-state index contributed by atoms with van der Waals surface area (Å²) in [6.07, 6.45) is 1.62. The lowest BCUT2D eigenvalue weighted by atomic mass is 10.0. The second-order valence-corrected chi connectivity index (χ2v) is 7.76. The molecule has 0 aliphatic rings. The van der Waals surface area contributed by atoms with Gasteiger partial charge in [0.1, 0.15) is 4.88 Å². The number of benzene rings is 2. The first kappa shape index (κ1) is 20.7. The summed E-state index contributed by atoms with van der Waals surface area (Å²) in [6.45, 7) is 5.59. The summed E-state index contributed by atoms with van der Waals surface area (Å²) in [5.74, 6) is -0.888.